The number of hydrogen-bond donors (Lipinski definition) is 0. The first-order chi connectivity index (χ1) is 8.09. The third-order valence-corrected chi connectivity index (χ3v) is 5.05. The van der Waals surface area contributed by atoms with Crippen molar-refractivity contribution in [2.24, 2.45) is 16.7 Å². The highest BCUT2D eigenvalue weighted by Crippen LogP contribution is 2.51. The van der Waals surface area contributed by atoms with Gasteiger partial charge in [-0.2, -0.15) is 5.26 Å². The number of nitriles is 1. The summed E-state index contributed by atoms with van der Waals surface area (Å²) in [7, 11) is 0. The molecule has 0 atom stereocenters. The Labute approximate surface area is 103 Å². The third kappa shape index (κ3) is 1.66. The number of likely N-dealkylation sites (tertiary alicyclic amines) is 1. The van der Waals surface area contributed by atoms with Crippen LogP contribution in [0.1, 0.15) is 45.4 Å². The lowest BCUT2D eigenvalue weighted by Gasteiger charge is -2.53. The second-order valence-electron chi connectivity index (χ2n) is 6.54. The Kier molecular flexibility index (Phi) is 2.26. The molecule has 0 aromatic rings. The molecule has 3 nitrogen and oxygen atoms in total. The first-order valence-corrected chi connectivity index (χ1v) is 6.80. The largest absolute Gasteiger partial charge is 0.340 e. The van der Waals surface area contributed by atoms with Crippen LogP contribution in [0.15, 0.2) is 0 Å². The van der Waals surface area contributed by atoms with Gasteiger partial charge in [0, 0.05) is 18.5 Å². The van der Waals surface area contributed by atoms with Crippen LogP contribution in [-0.4, -0.2) is 23.9 Å². The van der Waals surface area contributed by atoms with Crippen molar-refractivity contribution in [3.05, 3.63) is 0 Å². The maximum absolute atomic E-state index is 12.1. The summed E-state index contributed by atoms with van der Waals surface area (Å²) in [5, 5.41) is 9.03. The highest BCUT2D eigenvalue weighted by molar-refractivity contribution is 5.89. The third-order valence-electron chi connectivity index (χ3n) is 5.05. The van der Waals surface area contributed by atoms with Crippen molar-refractivity contribution in [3.63, 3.8) is 0 Å². The van der Waals surface area contributed by atoms with Crippen LogP contribution in [0.25, 0.3) is 0 Å². The van der Waals surface area contributed by atoms with Crippen LogP contribution in [-0.2, 0) is 4.79 Å². The first-order valence-electron chi connectivity index (χ1n) is 6.80. The van der Waals surface area contributed by atoms with Gasteiger partial charge in [-0.3, -0.25) is 4.79 Å². The Morgan fingerprint density at radius 1 is 1.24 bits per heavy atom. The molecule has 2 saturated carbocycles. The highest BCUT2D eigenvalue weighted by Gasteiger charge is 2.57. The molecule has 0 aromatic carbocycles. The standard InChI is InChI=1S/C14H20N2O/c1-11-2-4-13(5-3-11)9-16(10-13)12(17)14(8-15)6-7-14/h11H,2-7,9-10H2,1H3. The van der Waals surface area contributed by atoms with Gasteiger partial charge in [-0.25, -0.2) is 0 Å². The number of hydrogen-bond acceptors (Lipinski definition) is 2. The van der Waals surface area contributed by atoms with E-state index in [1.54, 1.807) is 0 Å². The quantitative estimate of drug-likeness (QED) is 0.696. The maximum Gasteiger partial charge on any atom is 0.243 e. The van der Waals surface area contributed by atoms with Crippen molar-refractivity contribution in [1.29, 1.82) is 5.26 Å². The molecule has 3 aliphatic rings. The molecule has 2 aliphatic carbocycles. The molecule has 1 saturated heterocycles. The molecule has 0 radical (unpaired) electrons. The van der Waals surface area contributed by atoms with Crippen molar-refractivity contribution in [2.45, 2.75) is 45.4 Å². The highest BCUT2D eigenvalue weighted by atomic mass is 16.2. The van der Waals surface area contributed by atoms with Gasteiger partial charge in [-0.1, -0.05) is 19.8 Å². The summed E-state index contributed by atoms with van der Waals surface area (Å²) in [4.78, 5) is 14.1. The molecule has 1 heterocycles. The molecule has 1 aliphatic heterocycles. The minimum absolute atomic E-state index is 0.115. The molecule has 0 N–H and O–H groups in total. The fourth-order valence-electron chi connectivity index (χ4n) is 3.40. The molecular formula is C14H20N2O. The Bertz CT molecular complexity index is 376. The van der Waals surface area contributed by atoms with Crippen LogP contribution in [0.2, 0.25) is 0 Å². The van der Waals surface area contributed by atoms with E-state index in [4.69, 9.17) is 5.26 Å². The van der Waals surface area contributed by atoms with Crippen molar-refractivity contribution in [1.82, 2.24) is 4.90 Å². The Hall–Kier alpha value is -1.04. The predicted molar refractivity (Wildman–Crippen MR) is 63.9 cm³/mol. The lowest BCUT2D eigenvalue weighted by atomic mass is 9.66. The van der Waals surface area contributed by atoms with Crippen molar-refractivity contribution in [3.8, 4) is 6.07 Å². The van der Waals surface area contributed by atoms with E-state index in [9.17, 15) is 4.79 Å². The summed E-state index contributed by atoms with van der Waals surface area (Å²) in [6.07, 6.45) is 6.73. The van der Waals surface area contributed by atoms with Crippen molar-refractivity contribution >= 4 is 5.91 Å². The second kappa shape index (κ2) is 3.48. The van der Waals surface area contributed by atoms with E-state index < -0.39 is 5.41 Å². The van der Waals surface area contributed by atoms with Gasteiger partial charge in [0.2, 0.25) is 5.91 Å². The lowest BCUT2D eigenvalue weighted by Crippen LogP contribution is -2.60. The molecule has 1 spiro atoms. The maximum atomic E-state index is 12.1. The lowest BCUT2D eigenvalue weighted by molar-refractivity contribution is -0.150. The SMILES string of the molecule is CC1CCC2(CC1)CN(C(=O)C1(C#N)CC1)C2. The fraction of sp³-hybridized carbons (Fsp3) is 0.857. The number of amides is 1. The van der Waals surface area contributed by atoms with Crippen molar-refractivity contribution < 1.29 is 4.79 Å². The van der Waals surface area contributed by atoms with E-state index in [2.05, 4.69) is 13.0 Å². The van der Waals surface area contributed by atoms with Crippen LogP contribution in [0.3, 0.4) is 0 Å². The summed E-state index contributed by atoms with van der Waals surface area (Å²) in [5.74, 6) is 0.975. The van der Waals surface area contributed by atoms with Crippen LogP contribution >= 0.6 is 0 Å². The second-order valence-corrected chi connectivity index (χ2v) is 6.54. The molecule has 3 rings (SSSR count). The first kappa shape index (κ1) is 11.1. The van der Waals surface area contributed by atoms with Crippen LogP contribution < -0.4 is 0 Å². The molecule has 1 amide bonds. The summed E-state index contributed by atoms with van der Waals surface area (Å²) in [6, 6.07) is 2.21. The van der Waals surface area contributed by atoms with Gasteiger partial charge in [0.25, 0.3) is 0 Å². The fourth-order valence-corrected chi connectivity index (χ4v) is 3.40. The molecule has 3 heteroatoms. The molecule has 92 valence electrons. The zero-order valence-electron chi connectivity index (χ0n) is 10.5. The number of carbonyl (C=O) groups excluding carboxylic acids is 1. The number of rotatable bonds is 1. The number of nitrogens with zero attached hydrogens (tertiary/aromatic N) is 2. The average Bonchev–Trinajstić information content (AvgIpc) is 3.07. The van der Waals surface area contributed by atoms with Gasteiger partial charge in [0.1, 0.15) is 5.41 Å². The summed E-state index contributed by atoms with van der Waals surface area (Å²) < 4.78 is 0. The van der Waals surface area contributed by atoms with E-state index >= 15 is 0 Å². The Morgan fingerprint density at radius 2 is 1.82 bits per heavy atom. The Balaban J connectivity index is 1.58. The minimum Gasteiger partial charge on any atom is -0.340 e. The molecular weight excluding hydrogens is 212 g/mol. The average molecular weight is 232 g/mol. The summed E-state index contributed by atoms with van der Waals surface area (Å²) in [5.41, 5.74) is -0.183. The molecule has 0 unspecified atom stereocenters. The smallest absolute Gasteiger partial charge is 0.243 e. The molecule has 0 aromatic heterocycles. The van der Waals surface area contributed by atoms with E-state index in [1.807, 2.05) is 4.90 Å². The topological polar surface area (TPSA) is 44.1 Å². The van der Waals surface area contributed by atoms with Gasteiger partial charge in [-0.15, -0.1) is 0 Å². The van der Waals surface area contributed by atoms with E-state index in [0.717, 1.165) is 31.8 Å². The van der Waals surface area contributed by atoms with Gasteiger partial charge in [0.05, 0.1) is 6.07 Å². The normalized spacial score (nSPS) is 29.5. The van der Waals surface area contributed by atoms with E-state index in [1.165, 1.54) is 25.7 Å². The van der Waals surface area contributed by atoms with Crippen LogP contribution in [0.5, 0.6) is 0 Å². The predicted octanol–water partition coefficient (Wildman–Crippen LogP) is 2.33. The molecule has 17 heavy (non-hydrogen) atoms. The van der Waals surface area contributed by atoms with Crippen molar-refractivity contribution in [2.75, 3.05) is 13.1 Å². The van der Waals surface area contributed by atoms with Gasteiger partial charge < -0.3 is 4.90 Å². The molecule has 0 bridgehead atoms. The van der Waals surface area contributed by atoms with Gasteiger partial charge >= 0.3 is 0 Å². The summed E-state index contributed by atoms with van der Waals surface area (Å²) >= 11 is 0. The molecule has 3 fully saturated rings. The van der Waals surface area contributed by atoms with Gasteiger partial charge in [-0.05, 0) is 31.6 Å². The Morgan fingerprint density at radius 3 is 2.29 bits per heavy atom. The van der Waals surface area contributed by atoms with Gasteiger partial charge in [0.15, 0.2) is 0 Å². The number of carbonyl (C=O) groups is 1. The summed E-state index contributed by atoms with van der Waals surface area (Å²) in [6.45, 7) is 4.16. The minimum atomic E-state index is -0.608. The van der Waals surface area contributed by atoms with E-state index in [-0.39, 0.29) is 5.91 Å². The van der Waals surface area contributed by atoms with Crippen LogP contribution in [0.4, 0.5) is 0 Å². The van der Waals surface area contributed by atoms with E-state index in [0.29, 0.717) is 5.41 Å². The zero-order valence-corrected chi connectivity index (χ0v) is 10.5. The zero-order chi connectivity index (χ0) is 12.1. The monoisotopic (exact) mass is 232 g/mol. The van der Waals surface area contributed by atoms with Crippen LogP contribution in [0, 0.1) is 28.1 Å².